The summed E-state index contributed by atoms with van der Waals surface area (Å²) in [5, 5.41) is 0. The lowest BCUT2D eigenvalue weighted by Gasteiger charge is -2.25. The molecule has 3 nitrogen and oxygen atoms in total. The monoisotopic (exact) mass is 374 g/mol. The Morgan fingerprint density at radius 1 is 0.750 bits per heavy atom. The maximum absolute atomic E-state index is 5.90. The fraction of sp³-hybridized carbons (Fsp3) is 0.280. The molecule has 3 heteroatoms. The van der Waals surface area contributed by atoms with Crippen molar-refractivity contribution in [2.75, 3.05) is 6.54 Å². The Morgan fingerprint density at radius 2 is 1.39 bits per heavy atom. The summed E-state index contributed by atoms with van der Waals surface area (Å²) in [6.07, 6.45) is 0. The first-order valence-electron chi connectivity index (χ1n) is 9.94. The average molecular weight is 375 g/mol. The molecule has 0 aromatic heterocycles. The molecule has 3 rings (SSSR count). The van der Waals surface area contributed by atoms with Gasteiger partial charge in [-0.1, -0.05) is 68.4 Å². The molecule has 0 atom stereocenters. The van der Waals surface area contributed by atoms with E-state index in [1.165, 1.54) is 16.7 Å². The molecule has 3 aromatic carbocycles. The van der Waals surface area contributed by atoms with Gasteiger partial charge in [-0.05, 0) is 46.9 Å². The zero-order chi connectivity index (χ0) is 19.8. The number of para-hydroxylation sites is 1. The summed E-state index contributed by atoms with van der Waals surface area (Å²) in [7, 11) is 0. The van der Waals surface area contributed by atoms with E-state index in [-0.39, 0.29) is 0 Å². The molecule has 0 aliphatic rings. The minimum absolute atomic E-state index is 0.584. The van der Waals surface area contributed by atoms with Crippen molar-refractivity contribution in [2.24, 2.45) is 11.7 Å². The van der Waals surface area contributed by atoms with Crippen LogP contribution in [0.3, 0.4) is 0 Å². The standard InChI is InChI=1S/C25H30N2O/c1-20(2)17-27(19-23-8-6-7-22(15-23)16-26)18-21-11-13-25(14-12-21)28-24-9-4-3-5-10-24/h3-15,20H,16-19,26H2,1-2H3. The SMILES string of the molecule is CC(C)CN(Cc1ccc(Oc2ccccc2)cc1)Cc1cccc(CN)c1. The molecular formula is C25H30N2O. The summed E-state index contributed by atoms with van der Waals surface area (Å²) in [5.74, 6) is 2.33. The Hall–Kier alpha value is -2.62. The van der Waals surface area contributed by atoms with Gasteiger partial charge >= 0.3 is 0 Å². The molecule has 0 radical (unpaired) electrons. The lowest BCUT2D eigenvalue weighted by molar-refractivity contribution is 0.227. The lowest BCUT2D eigenvalue weighted by Crippen LogP contribution is -2.27. The van der Waals surface area contributed by atoms with E-state index in [0.29, 0.717) is 12.5 Å². The van der Waals surface area contributed by atoms with E-state index in [9.17, 15) is 0 Å². The van der Waals surface area contributed by atoms with Crippen molar-refractivity contribution >= 4 is 0 Å². The predicted molar refractivity (Wildman–Crippen MR) is 116 cm³/mol. The molecule has 0 saturated heterocycles. The quantitative estimate of drug-likeness (QED) is 0.530. The predicted octanol–water partition coefficient (Wildman–Crippen LogP) is 5.60. The van der Waals surface area contributed by atoms with Crippen LogP contribution >= 0.6 is 0 Å². The van der Waals surface area contributed by atoms with Crippen molar-refractivity contribution in [1.82, 2.24) is 4.90 Å². The van der Waals surface area contributed by atoms with Crippen LogP contribution in [0, 0.1) is 5.92 Å². The van der Waals surface area contributed by atoms with Crippen LogP contribution in [0.25, 0.3) is 0 Å². The first kappa shape index (κ1) is 20.1. The summed E-state index contributed by atoms with van der Waals surface area (Å²) in [6, 6.07) is 26.9. The van der Waals surface area contributed by atoms with E-state index >= 15 is 0 Å². The summed E-state index contributed by atoms with van der Waals surface area (Å²) in [5.41, 5.74) is 9.58. The van der Waals surface area contributed by atoms with Crippen molar-refractivity contribution in [1.29, 1.82) is 0 Å². The summed E-state index contributed by atoms with van der Waals surface area (Å²) < 4.78 is 5.90. The molecule has 0 aliphatic carbocycles. The van der Waals surface area contributed by atoms with Crippen molar-refractivity contribution < 1.29 is 4.74 Å². The van der Waals surface area contributed by atoms with Crippen LogP contribution < -0.4 is 10.5 Å². The molecule has 0 aliphatic heterocycles. The largest absolute Gasteiger partial charge is 0.457 e. The molecule has 0 bridgehead atoms. The number of hydrogen-bond donors (Lipinski definition) is 1. The van der Waals surface area contributed by atoms with Crippen molar-refractivity contribution in [3.63, 3.8) is 0 Å². The van der Waals surface area contributed by atoms with E-state index in [1.54, 1.807) is 0 Å². The van der Waals surface area contributed by atoms with Crippen molar-refractivity contribution in [3.8, 4) is 11.5 Å². The van der Waals surface area contributed by atoms with Crippen LogP contribution in [0.2, 0.25) is 0 Å². The van der Waals surface area contributed by atoms with Gasteiger partial charge in [-0.25, -0.2) is 0 Å². The number of hydrogen-bond acceptors (Lipinski definition) is 3. The fourth-order valence-corrected chi connectivity index (χ4v) is 3.36. The third-order valence-corrected chi connectivity index (χ3v) is 4.57. The zero-order valence-corrected chi connectivity index (χ0v) is 16.8. The second-order valence-electron chi connectivity index (χ2n) is 7.65. The number of nitrogens with two attached hydrogens (primary N) is 1. The Balaban J connectivity index is 1.66. The number of nitrogens with zero attached hydrogens (tertiary/aromatic N) is 1. The molecule has 0 spiro atoms. The fourth-order valence-electron chi connectivity index (χ4n) is 3.36. The molecule has 146 valence electrons. The molecule has 0 heterocycles. The Kier molecular flexibility index (Phi) is 7.24. The Labute approximate surface area is 168 Å². The second kappa shape index (κ2) is 10.1. The van der Waals surface area contributed by atoms with Crippen LogP contribution in [0.15, 0.2) is 78.9 Å². The van der Waals surface area contributed by atoms with Gasteiger partial charge in [0.2, 0.25) is 0 Å². The highest BCUT2D eigenvalue weighted by Gasteiger charge is 2.10. The second-order valence-corrected chi connectivity index (χ2v) is 7.65. The zero-order valence-electron chi connectivity index (χ0n) is 16.8. The van der Waals surface area contributed by atoms with Gasteiger partial charge in [0, 0.05) is 26.2 Å². The van der Waals surface area contributed by atoms with Crippen molar-refractivity contribution in [2.45, 2.75) is 33.5 Å². The Morgan fingerprint density at radius 3 is 2.07 bits per heavy atom. The van der Waals surface area contributed by atoms with Crippen LogP contribution in [-0.2, 0) is 19.6 Å². The summed E-state index contributed by atoms with van der Waals surface area (Å²) >= 11 is 0. The van der Waals surface area contributed by atoms with Gasteiger partial charge in [0.15, 0.2) is 0 Å². The highest BCUT2D eigenvalue weighted by atomic mass is 16.5. The average Bonchev–Trinajstić information content (AvgIpc) is 2.70. The topological polar surface area (TPSA) is 38.5 Å². The number of ether oxygens (including phenoxy) is 1. The molecule has 0 fully saturated rings. The van der Waals surface area contributed by atoms with E-state index in [1.807, 2.05) is 42.5 Å². The highest BCUT2D eigenvalue weighted by molar-refractivity contribution is 5.33. The molecule has 0 amide bonds. The lowest BCUT2D eigenvalue weighted by atomic mass is 10.1. The first-order chi connectivity index (χ1) is 13.6. The van der Waals surface area contributed by atoms with Gasteiger partial charge in [0.05, 0.1) is 0 Å². The third kappa shape index (κ3) is 6.22. The molecule has 2 N–H and O–H groups in total. The van der Waals surface area contributed by atoms with Gasteiger partial charge in [-0.15, -0.1) is 0 Å². The number of rotatable bonds is 9. The normalized spacial score (nSPS) is 11.2. The van der Waals surface area contributed by atoms with Gasteiger partial charge in [0.1, 0.15) is 11.5 Å². The number of benzene rings is 3. The van der Waals surface area contributed by atoms with Crippen LogP contribution in [0.1, 0.15) is 30.5 Å². The maximum Gasteiger partial charge on any atom is 0.127 e. The highest BCUT2D eigenvalue weighted by Crippen LogP contribution is 2.22. The van der Waals surface area contributed by atoms with Gasteiger partial charge in [-0.3, -0.25) is 4.90 Å². The maximum atomic E-state index is 5.90. The minimum atomic E-state index is 0.584. The van der Waals surface area contributed by atoms with Gasteiger partial charge in [0.25, 0.3) is 0 Å². The van der Waals surface area contributed by atoms with E-state index in [2.05, 4.69) is 55.1 Å². The van der Waals surface area contributed by atoms with Gasteiger partial charge in [-0.2, -0.15) is 0 Å². The molecular weight excluding hydrogens is 344 g/mol. The summed E-state index contributed by atoms with van der Waals surface area (Å²) in [6.45, 7) is 8.00. The van der Waals surface area contributed by atoms with Crippen molar-refractivity contribution in [3.05, 3.63) is 95.6 Å². The van der Waals surface area contributed by atoms with Crippen LogP contribution in [-0.4, -0.2) is 11.4 Å². The van der Waals surface area contributed by atoms with Crippen LogP contribution in [0.5, 0.6) is 11.5 Å². The molecule has 28 heavy (non-hydrogen) atoms. The molecule has 3 aromatic rings. The van der Waals surface area contributed by atoms with Crippen LogP contribution in [0.4, 0.5) is 0 Å². The minimum Gasteiger partial charge on any atom is -0.457 e. The van der Waals surface area contributed by atoms with E-state index in [4.69, 9.17) is 10.5 Å². The van der Waals surface area contributed by atoms with Gasteiger partial charge < -0.3 is 10.5 Å². The third-order valence-electron chi connectivity index (χ3n) is 4.57. The van der Waals surface area contributed by atoms with E-state index in [0.717, 1.165) is 31.1 Å². The Bertz CT molecular complexity index is 844. The summed E-state index contributed by atoms with van der Waals surface area (Å²) in [4.78, 5) is 2.49. The van der Waals surface area contributed by atoms with E-state index < -0.39 is 0 Å². The smallest absolute Gasteiger partial charge is 0.127 e. The molecule has 0 unspecified atom stereocenters. The molecule has 0 saturated carbocycles. The first-order valence-corrected chi connectivity index (χ1v) is 9.94.